The largest absolute Gasteiger partial charge is 0.377 e. The molecule has 4 heteroatoms. The zero-order valence-electron chi connectivity index (χ0n) is 13.2. The molecule has 2 atom stereocenters. The van der Waals surface area contributed by atoms with Crippen LogP contribution in [0.4, 0.5) is 8.78 Å². The Bertz CT molecular complexity index is 532. The normalized spacial score (nSPS) is 27.0. The van der Waals surface area contributed by atoms with E-state index in [1.165, 1.54) is 38.2 Å². The van der Waals surface area contributed by atoms with Gasteiger partial charge in [0.2, 0.25) is 0 Å². The fourth-order valence-electron chi connectivity index (χ4n) is 4.17. The number of ether oxygens (including phenoxy) is 1. The fraction of sp³-hybridized carbons (Fsp3) is 0.667. The van der Waals surface area contributed by atoms with Crippen LogP contribution in [0.3, 0.4) is 0 Å². The number of benzene rings is 1. The molecule has 1 saturated heterocycles. The third-order valence-electron chi connectivity index (χ3n) is 5.37. The Hall–Kier alpha value is -0.895. The third-order valence-corrected chi connectivity index (χ3v) is 5.37. The van der Waals surface area contributed by atoms with Crippen LogP contribution in [0.25, 0.3) is 0 Å². The number of hydrogen-bond acceptors (Lipinski definition) is 1. The molecule has 1 aliphatic carbocycles. The van der Waals surface area contributed by atoms with Crippen molar-refractivity contribution in [3.05, 3.63) is 28.8 Å². The maximum absolute atomic E-state index is 14.2. The molecule has 0 N–H and O–H groups in total. The summed E-state index contributed by atoms with van der Waals surface area (Å²) in [5.74, 6) is -1.11. The summed E-state index contributed by atoms with van der Waals surface area (Å²) in [6, 6.07) is 1.53. The molecule has 2 fully saturated rings. The van der Waals surface area contributed by atoms with Gasteiger partial charge in [-0.2, -0.15) is 0 Å². The minimum atomic E-state index is -0.921. The van der Waals surface area contributed by atoms with Crippen molar-refractivity contribution >= 4 is 13.3 Å². The molecule has 0 amide bonds. The molecule has 3 rings (SSSR count). The van der Waals surface area contributed by atoms with Gasteiger partial charge in [0.15, 0.2) is 11.6 Å². The van der Waals surface area contributed by atoms with E-state index < -0.39 is 11.6 Å². The van der Waals surface area contributed by atoms with Gasteiger partial charge in [-0.05, 0) is 49.7 Å². The lowest BCUT2D eigenvalue weighted by atomic mass is 9.79. The van der Waals surface area contributed by atoms with Gasteiger partial charge in [0.05, 0.1) is 12.7 Å². The highest BCUT2D eigenvalue weighted by atomic mass is 19.2. The zero-order chi connectivity index (χ0) is 15.7. The summed E-state index contributed by atoms with van der Waals surface area (Å²) in [7, 11) is 5.49. The van der Waals surface area contributed by atoms with E-state index in [1.54, 1.807) is 6.92 Å². The fourth-order valence-corrected chi connectivity index (χ4v) is 4.17. The van der Waals surface area contributed by atoms with Crippen molar-refractivity contribution in [1.82, 2.24) is 0 Å². The van der Waals surface area contributed by atoms with Gasteiger partial charge < -0.3 is 4.74 Å². The van der Waals surface area contributed by atoms with E-state index in [1.807, 2.05) is 0 Å². The predicted octanol–water partition coefficient (Wildman–Crippen LogP) is 3.91. The average molecular weight is 304 g/mol. The van der Waals surface area contributed by atoms with Crippen molar-refractivity contribution in [2.45, 2.75) is 63.9 Å². The van der Waals surface area contributed by atoms with E-state index in [2.05, 4.69) is 0 Å². The van der Waals surface area contributed by atoms with E-state index in [-0.39, 0.29) is 11.4 Å². The Morgan fingerprint density at radius 2 is 1.77 bits per heavy atom. The summed E-state index contributed by atoms with van der Waals surface area (Å²) < 4.78 is 34.0. The molecule has 0 aromatic heterocycles. The smallest absolute Gasteiger partial charge is 0.162 e. The minimum absolute atomic E-state index is 0.0602. The quantitative estimate of drug-likeness (QED) is 0.753. The van der Waals surface area contributed by atoms with Gasteiger partial charge in [-0.1, -0.05) is 30.8 Å². The van der Waals surface area contributed by atoms with Crippen molar-refractivity contribution in [2.24, 2.45) is 5.92 Å². The van der Waals surface area contributed by atoms with Crippen molar-refractivity contribution in [2.75, 3.05) is 6.61 Å². The third kappa shape index (κ3) is 3.08. The molecule has 1 aromatic rings. The van der Waals surface area contributed by atoms with Crippen molar-refractivity contribution < 1.29 is 13.5 Å². The molecule has 0 spiro atoms. The van der Waals surface area contributed by atoms with Crippen LogP contribution in [0.2, 0.25) is 0 Å². The predicted molar refractivity (Wildman–Crippen MR) is 84.8 cm³/mol. The van der Waals surface area contributed by atoms with Gasteiger partial charge >= 0.3 is 0 Å². The monoisotopic (exact) mass is 304 g/mol. The number of hydrogen-bond donors (Lipinski definition) is 0. The molecule has 0 bridgehead atoms. The average Bonchev–Trinajstić information content (AvgIpc) is 2.54. The van der Waals surface area contributed by atoms with Crippen molar-refractivity contribution in [3.63, 3.8) is 0 Å². The number of rotatable bonds is 2. The van der Waals surface area contributed by atoms with Crippen LogP contribution in [0.5, 0.6) is 0 Å². The van der Waals surface area contributed by atoms with Crippen molar-refractivity contribution in [3.8, 4) is 0 Å². The second-order valence-corrected chi connectivity index (χ2v) is 6.87. The van der Waals surface area contributed by atoms with E-state index in [9.17, 15) is 8.78 Å². The Kier molecular flexibility index (Phi) is 4.86. The van der Waals surface area contributed by atoms with Crippen LogP contribution in [-0.4, -0.2) is 20.6 Å². The molecule has 1 nitrogen and oxygen atoms in total. The van der Waals surface area contributed by atoms with Crippen LogP contribution in [0, 0.1) is 24.5 Å². The molecule has 118 valence electrons. The zero-order valence-corrected chi connectivity index (χ0v) is 13.2. The number of halogens is 2. The molecular weight excluding hydrogens is 281 g/mol. The summed E-state index contributed by atoms with van der Waals surface area (Å²) in [5, 5.41) is 0. The molecule has 1 heterocycles. The summed E-state index contributed by atoms with van der Waals surface area (Å²) in [4.78, 5) is 0. The van der Waals surface area contributed by atoms with Gasteiger partial charge in [0.1, 0.15) is 7.85 Å². The van der Waals surface area contributed by atoms with Crippen LogP contribution < -0.4 is 5.46 Å². The van der Waals surface area contributed by atoms with Gasteiger partial charge in [-0.3, -0.25) is 0 Å². The first-order valence-electron chi connectivity index (χ1n) is 8.43. The highest BCUT2D eigenvalue weighted by Crippen LogP contribution is 2.37. The lowest BCUT2D eigenvalue weighted by Crippen LogP contribution is -2.33. The number of aryl methyl sites for hydroxylation is 1. The summed E-state index contributed by atoms with van der Waals surface area (Å²) in [5.41, 5.74) is 1.06. The highest BCUT2D eigenvalue weighted by molar-refractivity contribution is 6.32. The molecule has 1 aliphatic heterocycles. The van der Waals surface area contributed by atoms with E-state index in [0.29, 0.717) is 24.2 Å². The van der Waals surface area contributed by atoms with Crippen LogP contribution in [-0.2, 0) is 4.74 Å². The maximum atomic E-state index is 14.2. The summed E-state index contributed by atoms with van der Waals surface area (Å²) in [6.45, 7) is 2.28. The highest BCUT2D eigenvalue weighted by Gasteiger charge is 2.32. The lowest BCUT2D eigenvalue weighted by molar-refractivity contribution is -0.0404. The molecule has 2 aliphatic rings. The molecule has 22 heavy (non-hydrogen) atoms. The first-order chi connectivity index (χ1) is 10.6. The summed E-state index contributed by atoms with van der Waals surface area (Å²) in [6.07, 6.45) is 8.54. The minimum Gasteiger partial charge on any atom is -0.377 e. The van der Waals surface area contributed by atoms with Crippen LogP contribution >= 0.6 is 0 Å². The second-order valence-electron chi connectivity index (χ2n) is 6.87. The summed E-state index contributed by atoms with van der Waals surface area (Å²) >= 11 is 0. The molecular formula is C18H23BF2O. The molecule has 2 unspecified atom stereocenters. The van der Waals surface area contributed by atoms with E-state index >= 15 is 0 Å². The van der Waals surface area contributed by atoms with Crippen LogP contribution in [0.15, 0.2) is 6.07 Å². The van der Waals surface area contributed by atoms with E-state index in [4.69, 9.17) is 12.6 Å². The Morgan fingerprint density at radius 3 is 2.41 bits per heavy atom. The second kappa shape index (κ2) is 6.70. The molecule has 2 radical (unpaired) electrons. The Morgan fingerprint density at radius 1 is 1.05 bits per heavy atom. The Balaban J connectivity index is 1.70. The first kappa shape index (κ1) is 16.0. The lowest BCUT2D eigenvalue weighted by Gasteiger charge is -2.36. The standard InChI is InChI=1S/C18H23BF2O/c1-11-9-14(19)17(20)18(21)16(11)13-7-8-15(22-10-13)12-5-3-2-4-6-12/h9,12-13,15H,2-8,10H2,1H3. The SMILES string of the molecule is [B]c1cc(C)c(C2CCC(C3CCCCC3)OC2)c(F)c1F. The Labute approximate surface area is 132 Å². The van der Waals surface area contributed by atoms with Gasteiger partial charge in [0, 0.05) is 5.92 Å². The first-order valence-corrected chi connectivity index (χ1v) is 8.43. The topological polar surface area (TPSA) is 9.23 Å². The van der Waals surface area contributed by atoms with Gasteiger partial charge in [0.25, 0.3) is 0 Å². The van der Waals surface area contributed by atoms with Crippen LogP contribution in [0.1, 0.15) is 62.0 Å². The van der Waals surface area contributed by atoms with Gasteiger partial charge in [-0.25, -0.2) is 8.78 Å². The molecule has 1 aromatic carbocycles. The van der Waals surface area contributed by atoms with E-state index in [0.717, 1.165) is 18.4 Å². The van der Waals surface area contributed by atoms with Crippen molar-refractivity contribution in [1.29, 1.82) is 0 Å². The molecule has 1 saturated carbocycles. The maximum Gasteiger partial charge on any atom is 0.162 e. The van der Waals surface area contributed by atoms with Gasteiger partial charge in [-0.15, -0.1) is 0 Å².